The van der Waals surface area contributed by atoms with Crippen LogP contribution in [0.1, 0.15) is 0 Å². The Labute approximate surface area is 83.2 Å². The van der Waals surface area contributed by atoms with Gasteiger partial charge < -0.3 is 4.74 Å². The summed E-state index contributed by atoms with van der Waals surface area (Å²) in [6.45, 7) is 7.53. The van der Waals surface area contributed by atoms with Crippen molar-refractivity contribution in [2.24, 2.45) is 0 Å². The predicted octanol–water partition coefficient (Wildman–Crippen LogP) is 2.73. The van der Waals surface area contributed by atoms with Crippen molar-refractivity contribution in [2.75, 3.05) is 6.61 Å². The molecule has 0 rings (SSSR count). The Morgan fingerprint density at radius 1 is 1.58 bits per heavy atom. The van der Waals surface area contributed by atoms with Crippen molar-refractivity contribution in [1.29, 1.82) is 0 Å². The summed E-state index contributed by atoms with van der Waals surface area (Å²) >= 11 is 11.3. The summed E-state index contributed by atoms with van der Waals surface area (Å²) in [5, 5.41) is -0.0935. The minimum Gasteiger partial charge on any atom is -0.462 e. The van der Waals surface area contributed by atoms with Crippen LogP contribution in [0.5, 0.6) is 0 Å². The van der Waals surface area contributed by atoms with Gasteiger partial charge in [-0.2, -0.15) is 11.1 Å². The van der Waals surface area contributed by atoms with Gasteiger partial charge in [-0.3, -0.25) is 0 Å². The smallest absolute Gasteiger partial charge is 0.349 e. The summed E-state index contributed by atoms with van der Waals surface area (Å²) in [5.41, 5.74) is 0. The number of ether oxygens (including phenoxy) is 1. The standard InChI is InChI=1S/C7H12Cl2O2Si/c1-6(8)7(10)11-4-5-12(2,3)9/h1,4-5H2,2-3H3. The summed E-state index contributed by atoms with van der Waals surface area (Å²) < 4.78 is 4.76. The average Bonchev–Trinajstić information content (AvgIpc) is 1.84. The number of hydrogen-bond donors (Lipinski definition) is 0. The third-order valence-electron chi connectivity index (χ3n) is 1.15. The summed E-state index contributed by atoms with van der Waals surface area (Å²) in [6.07, 6.45) is 0. The van der Waals surface area contributed by atoms with Gasteiger partial charge in [-0.15, -0.1) is 0 Å². The number of rotatable bonds is 4. The van der Waals surface area contributed by atoms with E-state index in [2.05, 4.69) is 6.58 Å². The normalized spacial score (nSPS) is 11.0. The van der Waals surface area contributed by atoms with Crippen molar-refractivity contribution in [3.63, 3.8) is 0 Å². The lowest BCUT2D eigenvalue weighted by Crippen LogP contribution is -2.20. The zero-order valence-electron chi connectivity index (χ0n) is 7.19. The highest BCUT2D eigenvalue weighted by molar-refractivity contribution is 7.19. The van der Waals surface area contributed by atoms with Gasteiger partial charge in [0.1, 0.15) is 5.03 Å². The highest BCUT2D eigenvalue weighted by Crippen LogP contribution is 2.14. The molecule has 0 fully saturated rings. The quantitative estimate of drug-likeness (QED) is 0.319. The Morgan fingerprint density at radius 2 is 2.08 bits per heavy atom. The van der Waals surface area contributed by atoms with Gasteiger partial charge in [0, 0.05) is 0 Å². The van der Waals surface area contributed by atoms with Crippen LogP contribution < -0.4 is 0 Å². The molecule has 0 saturated heterocycles. The molecule has 0 spiro atoms. The molecule has 0 N–H and O–H groups in total. The highest BCUT2D eigenvalue weighted by atomic mass is 35.6. The third kappa shape index (κ3) is 6.70. The molecule has 0 radical (unpaired) electrons. The first-order chi connectivity index (χ1) is 5.33. The molecule has 0 bridgehead atoms. The molecular formula is C7H12Cl2O2Si. The van der Waals surface area contributed by atoms with Gasteiger partial charge in [-0.25, -0.2) is 4.79 Å². The minimum absolute atomic E-state index is 0.0935. The largest absolute Gasteiger partial charge is 0.462 e. The molecule has 0 unspecified atom stereocenters. The summed E-state index contributed by atoms with van der Waals surface area (Å²) in [7, 11) is -1.64. The van der Waals surface area contributed by atoms with Crippen molar-refractivity contribution in [3.05, 3.63) is 11.6 Å². The van der Waals surface area contributed by atoms with E-state index in [0.29, 0.717) is 6.61 Å². The molecule has 0 amide bonds. The van der Waals surface area contributed by atoms with Crippen LogP contribution in [-0.2, 0) is 9.53 Å². The fourth-order valence-corrected chi connectivity index (χ4v) is 1.34. The fourth-order valence-electron chi connectivity index (χ4n) is 0.465. The van der Waals surface area contributed by atoms with E-state index in [-0.39, 0.29) is 5.03 Å². The van der Waals surface area contributed by atoms with Gasteiger partial charge in [-0.05, 0) is 6.04 Å². The minimum atomic E-state index is -1.64. The van der Waals surface area contributed by atoms with Crippen LogP contribution in [0, 0.1) is 0 Å². The van der Waals surface area contributed by atoms with Crippen LogP contribution in [-0.4, -0.2) is 20.0 Å². The first kappa shape index (κ1) is 12.0. The molecule has 2 nitrogen and oxygen atoms in total. The Balaban J connectivity index is 3.58. The number of halogens is 2. The van der Waals surface area contributed by atoms with E-state index in [0.717, 1.165) is 6.04 Å². The topological polar surface area (TPSA) is 26.3 Å². The van der Waals surface area contributed by atoms with Crippen LogP contribution in [0.4, 0.5) is 0 Å². The van der Waals surface area contributed by atoms with Gasteiger partial charge in [0.15, 0.2) is 7.38 Å². The van der Waals surface area contributed by atoms with E-state index < -0.39 is 13.4 Å². The Bertz CT molecular complexity index is 186. The number of esters is 1. The lowest BCUT2D eigenvalue weighted by molar-refractivity contribution is -0.137. The van der Waals surface area contributed by atoms with Crippen LogP contribution in [0.2, 0.25) is 19.1 Å². The number of carbonyl (C=O) groups excluding carboxylic acids is 1. The second-order valence-electron chi connectivity index (χ2n) is 3.01. The first-order valence-electron chi connectivity index (χ1n) is 3.53. The molecule has 0 aromatic rings. The van der Waals surface area contributed by atoms with Crippen LogP contribution in [0.15, 0.2) is 11.6 Å². The molecule has 0 saturated carbocycles. The molecular weight excluding hydrogens is 215 g/mol. The molecule has 0 aliphatic heterocycles. The Morgan fingerprint density at radius 3 is 2.42 bits per heavy atom. The van der Waals surface area contributed by atoms with E-state index in [9.17, 15) is 4.79 Å². The second kappa shape index (κ2) is 4.89. The SMILES string of the molecule is C=C(Cl)C(=O)OCC[Si](C)(C)Cl. The van der Waals surface area contributed by atoms with Gasteiger partial charge >= 0.3 is 5.97 Å². The maximum absolute atomic E-state index is 10.7. The lowest BCUT2D eigenvalue weighted by atomic mass is 10.6. The second-order valence-corrected chi connectivity index (χ2v) is 10.5. The Hall–Kier alpha value is 0.00688. The van der Waals surface area contributed by atoms with E-state index in [1.54, 1.807) is 0 Å². The van der Waals surface area contributed by atoms with Crippen LogP contribution >= 0.6 is 22.7 Å². The van der Waals surface area contributed by atoms with Crippen molar-refractivity contribution >= 4 is 36.0 Å². The molecule has 5 heteroatoms. The van der Waals surface area contributed by atoms with Crippen molar-refractivity contribution in [3.8, 4) is 0 Å². The number of hydrogen-bond acceptors (Lipinski definition) is 2. The molecule has 70 valence electrons. The lowest BCUT2D eigenvalue weighted by Gasteiger charge is -2.11. The molecule has 0 aliphatic carbocycles. The van der Waals surface area contributed by atoms with Crippen LogP contribution in [0.3, 0.4) is 0 Å². The van der Waals surface area contributed by atoms with E-state index in [1.165, 1.54) is 0 Å². The van der Waals surface area contributed by atoms with Crippen molar-refractivity contribution in [2.45, 2.75) is 19.1 Å². The molecule has 0 aromatic carbocycles. The first-order valence-corrected chi connectivity index (χ1v) is 8.13. The fraction of sp³-hybridized carbons (Fsp3) is 0.571. The highest BCUT2D eigenvalue weighted by Gasteiger charge is 2.17. The van der Waals surface area contributed by atoms with Gasteiger partial charge in [0.25, 0.3) is 0 Å². The zero-order valence-corrected chi connectivity index (χ0v) is 9.71. The zero-order chi connectivity index (χ0) is 9.78. The van der Waals surface area contributed by atoms with E-state index in [1.807, 2.05) is 13.1 Å². The van der Waals surface area contributed by atoms with E-state index in [4.69, 9.17) is 27.4 Å². The monoisotopic (exact) mass is 226 g/mol. The van der Waals surface area contributed by atoms with Crippen molar-refractivity contribution in [1.82, 2.24) is 0 Å². The van der Waals surface area contributed by atoms with E-state index >= 15 is 0 Å². The summed E-state index contributed by atoms with van der Waals surface area (Å²) in [5.74, 6) is -0.563. The molecule has 0 atom stereocenters. The molecule has 0 aliphatic rings. The number of carbonyl (C=O) groups is 1. The van der Waals surface area contributed by atoms with Gasteiger partial charge in [-0.1, -0.05) is 31.3 Å². The van der Waals surface area contributed by atoms with Gasteiger partial charge in [0.05, 0.1) is 6.61 Å². The average molecular weight is 227 g/mol. The maximum Gasteiger partial charge on any atom is 0.349 e. The summed E-state index contributed by atoms with van der Waals surface area (Å²) in [4.78, 5) is 10.7. The van der Waals surface area contributed by atoms with Crippen LogP contribution in [0.25, 0.3) is 0 Å². The van der Waals surface area contributed by atoms with Crippen molar-refractivity contribution < 1.29 is 9.53 Å². The third-order valence-corrected chi connectivity index (χ3v) is 3.27. The summed E-state index contributed by atoms with van der Waals surface area (Å²) in [6, 6.07) is 0.727. The maximum atomic E-state index is 10.7. The van der Waals surface area contributed by atoms with Gasteiger partial charge in [0.2, 0.25) is 0 Å². The molecule has 0 aromatic heterocycles. The Kier molecular flexibility index (Phi) is 4.90. The molecule has 12 heavy (non-hydrogen) atoms. The predicted molar refractivity (Wildman–Crippen MR) is 54.1 cm³/mol. The molecule has 0 heterocycles.